The van der Waals surface area contributed by atoms with Crippen molar-refractivity contribution >= 4 is 11.8 Å². The number of amides is 2. The van der Waals surface area contributed by atoms with E-state index in [9.17, 15) is 9.59 Å². The van der Waals surface area contributed by atoms with Crippen LogP contribution in [0.4, 0.5) is 0 Å². The van der Waals surface area contributed by atoms with Gasteiger partial charge in [-0.1, -0.05) is 6.07 Å². The highest BCUT2D eigenvalue weighted by Crippen LogP contribution is 2.31. The maximum atomic E-state index is 12.7. The van der Waals surface area contributed by atoms with Crippen LogP contribution in [0.2, 0.25) is 0 Å². The molecule has 0 aliphatic carbocycles. The first-order valence-corrected chi connectivity index (χ1v) is 9.19. The Bertz CT molecular complexity index is 762. The highest BCUT2D eigenvalue weighted by atomic mass is 16.2. The third-order valence-corrected chi connectivity index (χ3v) is 5.49. The lowest BCUT2D eigenvalue weighted by atomic mass is 9.83. The zero-order valence-corrected chi connectivity index (χ0v) is 14.7. The summed E-state index contributed by atoms with van der Waals surface area (Å²) in [5.74, 6) is 0.566. The number of carbonyl (C=O) groups excluding carboxylic acids is 2. The summed E-state index contributed by atoms with van der Waals surface area (Å²) in [6.07, 6.45) is 8.16. The van der Waals surface area contributed by atoms with E-state index in [0.29, 0.717) is 37.7 Å². The number of rotatable bonds is 4. The molecule has 0 aromatic carbocycles. The fourth-order valence-corrected chi connectivity index (χ4v) is 4.14. The number of aromatic amines is 1. The van der Waals surface area contributed by atoms with Gasteiger partial charge in [-0.2, -0.15) is 0 Å². The van der Waals surface area contributed by atoms with Gasteiger partial charge >= 0.3 is 0 Å². The van der Waals surface area contributed by atoms with Crippen molar-refractivity contribution in [3.8, 4) is 0 Å². The lowest BCUT2D eigenvalue weighted by Gasteiger charge is -2.47. The van der Waals surface area contributed by atoms with Crippen molar-refractivity contribution in [2.45, 2.75) is 31.7 Å². The monoisotopic (exact) mass is 353 g/mol. The molecule has 4 rings (SSSR count). The van der Waals surface area contributed by atoms with Crippen molar-refractivity contribution in [2.24, 2.45) is 5.92 Å². The molecule has 26 heavy (non-hydrogen) atoms. The Morgan fingerprint density at radius 2 is 2.23 bits per heavy atom. The molecule has 2 aliphatic rings. The number of nitrogens with zero attached hydrogens (tertiary/aromatic N) is 4. The van der Waals surface area contributed by atoms with E-state index in [4.69, 9.17) is 0 Å². The van der Waals surface area contributed by atoms with E-state index in [1.54, 1.807) is 24.8 Å². The summed E-state index contributed by atoms with van der Waals surface area (Å²) in [4.78, 5) is 40.4. The molecule has 0 saturated carbocycles. The Hall–Kier alpha value is -2.70. The van der Waals surface area contributed by atoms with E-state index in [1.807, 2.05) is 21.9 Å². The van der Waals surface area contributed by atoms with Crippen molar-refractivity contribution in [3.05, 3.63) is 48.3 Å². The van der Waals surface area contributed by atoms with Crippen LogP contribution in [-0.2, 0) is 11.2 Å². The zero-order valence-electron chi connectivity index (χ0n) is 14.7. The number of likely N-dealkylation sites (tertiary alicyclic amines) is 2. The van der Waals surface area contributed by atoms with Gasteiger partial charge in [-0.25, -0.2) is 4.98 Å². The maximum absolute atomic E-state index is 12.7. The highest BCUT2D eigenvalue weighted by molar-refractivity contribution is 5.92. The molecule has 0 spiro atoms. The van der Waals surface area contributed by atoms with E-state index >= 15 is 0 Å². The molecule has 2 fully saturated rings. The van der Waals surface area contributed by atoms with Gasteiger partial charge in [-0.3, -0.25) is 14.6 Å². The van der Waals surface area contributed by atoms with Crippen LogP contribution in [0.5, 0.6) is 0 Å². The van der Waals surface area contributed by atoms with Gasteiger partial charge in [0.25, 0.3) is 5.91 Å². The predicted molar refractivity (Wildman–Crippen MR) is 95.3 cm³/mol. The van der Waals surface area contributed by atoms with Crippen molar-refractivity contribution in [3.63, 3.8) is 0 Å². The fraction of sp³-hybridized carbons (Fsp3) is 0.474. The third-order valence-electron chi connectivity index (χ3n) is 5.49. The Morgan fingerprint density at radius 1 is 1.31 bits per heavy atom. The molecule has 2 saturated heterocycles. The number of carbonyl (C=O) groups is 2. The summed E-state index contributed by atoms with van der Waals surface area (Å²) in [7, 11) is 0. The number of piperidine rings is 2. The second-order valence-electron chi connectivity index (χ2n) is 7.03. The minimum Gasteiger partial charge on any atom is -0.348 e. The molecule has 2 aromatic rings. The zero-order chi connectivity index (χ0) is 17.9. The number of imidazole rings is 1. The fourth-order valence-electron chi connectivity index (χ4n) is 4.14. The Kier molecular flexibility index (Phi) is 4.69. The van der Waals surface area contributed by atoms with Gasteiger partial charge in [0, 0.05) is 56.6 Å². The van der Waals surface area contributed by atoms with Gasteiger partial charge in [0.05, 0.1) is 6.33 Å². The Balaban J connectivity index is 1.41. The molecule has 1 N–H and O–H groups in total. The summed E-state index contributed by atoms with van der Waals surface area (Å²) >= 11 is 0. The number of aromatic nitrogens is 3. The molecule has 2 amide bonds. The van der Waals surface area contributed by atoms with Gasteiger partial charge < -0.3 is 14.8 Å². The van der Waals surface area contributed by atoms with Crippen LogP contribution in [-0.4, -0.2) is 62.2 Å². The minimum atomic E-state index is -0.00930. The van der Waals surface area contributed by atoms with E-state index in [2.05, 4.69) is 15.0 Å². The number of nitrogens with one attached hydrogen (secondary N) is 1. The molecule has 0 radical (unpaired) electrons. The first-order chi connectivity index (χ1) is 12.7. The summed E-state index contributed by atoms with van der Waals surface area (Å²) in [5.41, 5.74) is 1.54. The second kappa shape index (κ2) is 7.27. The average Bonchev–Trinajstić information content (AvgIpc) is 3.20. The molecular weight excluding hydrogens is 330 g/mol. The van der Waals surface area contributed by atoms with Gasteiger partial charge in [0.1, 0.15) is 5.69 Å². The van der Waals surface area contributed by atoms with Gasteiger partial charge in [-0.05, 0) is 30.9 Å². The molecule has 2 aromatic heterocycles. The first-order valence-electron chi connectivity index (χ1n) is 9.19. The molecule has 136 valence electrons. The van der Waals surface area contributed by atoms with Crippen LogP contribution in [0.15, 0.2) is 36.9 Å². The normalized spacial score (nSPS) is 23.0. The minimum absolute atomic E-state index is 0.00930. The first kappa shape index (κ1) is 16.8. The molecule has 2 atom stereocenters. The molecule has 7 heteroatoms. The number of H-pyrrole nitrogens is 1. The van der Waals surface area contributed by atoms with Crippen LogP contribution in [0.3, 0.4) is 0 Å². The van der Waals surface area contributed by atoms with Crippen LogP contribution < -0.4 is 0 Å². The summed E-state index contributed by atoms with van der Waals surface area (Å²) in [5, 5.41) is 0. The van der Waals surface area contributed by atoms with Crippen molar-refractivity contribution < 1.29 is 9.59 Å². The molecule has 2 aliphatic heterocycles. The number of hydrogen-bond acceptors (Lipinski definition) is 4. The maximum Gasteiger partial charge on any atom is 0.272 e. The average molecular weight is 353 g/mol. The highest BCUT2D eigenvalue weighted by Gasteiger charge is 2.40. The summed E-state index contributed by atoms with van der Waals surface area (Å²) in [6, 6.07) is 5.64. The topological polar surface area (TPSA) is 82.2 Å². The van der Waals surface area contributed by atoms with Gasteiger partial charge in [0.2, 0.25) is 5.91 Å². The van der Waals surface area contributed by atoms with E-state index in [-0.39, 0.29) is 17.9 Å². The predicted octanol–water partition coefficient (Wildman–Crippen LogP) is 1.50. The number of fused-ring (bicyclic) bond motifs is 1. The number of pyridine rings is 1. The van der Waals surface area contributed by atoms with E-state index in [0.717, 1.165) is 25.0 Å². The summed E-state index contributed by atoms with van der Waals surface area (Å²) < 4.78 is 0. The SMILES string of the molecule is O=C(c1ccccn1)N1CC[C@@H]2[C@@H](CCC(=O)N2CCc2cnc[nH]2)C1. The van der Waals surface area contributed by atoms with Crippen LogP contribution in [0.1, 0.15) is 35.4 Å². The third kappa shape index (κ3) is 3.34. The molecule has 0 bridgehead atoms. The molecular formula is C19H23N5O2. The van der Waals surface area contributed by atoms with E-state index in [1.165, 1.54) is 0 Å². The smallest absolute Gasteiger partial charge is 0.272 e. The standard InChI is InChI=1S/C19H23N5O2/c25-18-5-4-14-12-23(19(26)16-3-1-2-8-21-16)9-7-17(14)24(18)10-6-15-11-20-13-22-15/h1-3,8,11,13-14,17H,4-7,9-10,12H2,(H,20,22)/t14-,17+/m0/s1. The van der Waals surface area contributed by atoms with Gasteiger partial charge in [-0.15, -0.1) is 0 Å². The Morgan fingerprint density at radius 3 is 3.00 bits per heavy atom. The lowest BCUT2D eigenvalue weighted by Crippen LogP contribution is -2.57. The quantitative estimate of drug-likeness (QED) is 0.903. The second-order valence-corrected chi connectivity index (χ2v) is 7.03. The van der Waals surface area contributed by atoms with Crippen molar-refractivity contribution in [2.75, 3.05) is 19.6 Å². The summed E-state index contributed by atoms with van der Waals surface area (Å²) in [6.45, 7) is 2.08. The number of hydrogen-bond donors (Lipinski definition) is 1. The van der Waals surface area contributed by atoms with Gasteiger partial charge in [0.15, 0.2) is 0 Å². The van der Waals surface area contributed by atoms with Crippen LogP contribution in [0.25, 0.3) is 0 Å². The van der Waals surface area contributed by atoms with Crippen molar-refractivity contribution in [1.82, 2.24) is 24.8 Å². The van der Waals surface area contributed by atoms with Crippen LogP contribution in [0, 0.1) is 5.92 Å². The molecule has 0 unspecified atom stereocenters. The Labute approximate surface area is 152 Å². The lowest BCUT2D eigenvalue weighted by molar-refractivity contribution is -0.140. The van der Waals surface area contributed by atoms with E-state index < -0.39 is 0 Å². The van der Waals surface area contributed by atoms with Crippen molar-refractivity contribution in [1.29, 1.82) is 0 Å². The largest absolute Gasteiger partial charge is 0.348 e. The molecule has 4 heterocycles. The van der Waals surface area contributed by atoms with Crippen LogP contribution >= 0.6 is 0 Å². The molecule has 7 nitrogen and oxygen atoms in total.